The first-order chi connectivity index (χ1) is 9.13. The Bertz CT molecular complexity index is 436. The summed E-state index contributed by atoms with van der Waals surface area (Å²) >= 11 is 0. The average molecular weight is 277 g/mol. The van der Waals surface area contributed by atoms with Gasteiger partial charge in [0.1, 0.15) is 6.10 Å². The van der Waals surface area contributed by atoms with E-state index in [1.54, 1.807) is 6.20 Å². The van der Waals surface area contributed by atoms with Crippen LogP contribution in [0, 0.1) is 0 Å². The maximum atomic E-state index is 5.85. The lowest BCUT2D eigenvalue weighted by atomic mass is 9.87. The molecule has 0 unspecified atom stereocenters. The Balaban J connectivity index is 1.82. The zero-order valence-corrected chi connectivity index (χ0v) is 13.5. The van der Waals surface area contributed by atoms with Gasteiger partial charge in [-0.15, -0.1) is 0 Å². The van der Waals surface area contributed by atoms with Gasteiger partial charge in [0.15, 0.2) is 0 Å². The van der Waals surface area contributed by atoms with Gasteiger partial charge in [-0.1, -0.05) is 20.8 Å². The van der Waals surface area contributed by atoms with Crippen LogP contribution in [0.3, 0.4) is 0 Å². The van der Waals surface area contributed by atoms with Crippen LogP contribution in [0.5, 0.6) is 5.88 Å². The van der Waals surface area contributed by atoms with Crippen LogP contribution >= 0.6 is 0 Å². The van der Waals surface area contributed by atoms with Gasteiger partial charge >= 0.3 is 0 Å². The van der Waals surface area contributed by atoms with Crippen LogP contribution in [0.15, 0.2) is 12.4 Å². The molecule has 0 atom stereocenters. The second-order valence-corrected chi connectivity index (χ2v) is 7.79. The molecule has 0 spiro atoms. The number of ether oxygens (including phenoxy) is 1. The fourth-order valence-corrected chi connectivity index (χ4v) is 2.33. The third-order valence-corrected chi connectivity index (χ3v) is 3.42. The molecule has 1 N–H and O–H groups in total. The molecule has 1 fully saturated rings. The molecule has 20 heavy (non-hydrogen) atoms. The van der Waals surface area contributed by atoms with E-state index < -0.39 is 0 Å². The SMILES string of the molecule is CC(C)(C)NC1CC(Oc2cnc(C(C)(C)C)cn2)C1. The van der Waals surface area contributed by atoms with Crippen molar-refractivity contribution in [3.05, 3.63) is 18.1 Å². The molecule has 2 rings (SSSR count). The monoisotopic (exact) mass is 277 g/mol. The highest BCUT2D eigenvalue weighted by Crippen LogP contribution is 2.27. The molecule has 1 aromatic rings. The van der Waals surface area contributed by atoms with Gasteiger partial charge in [0.25, 0.3) is 0 Å². The standard InChI is InChI=1S/C16H27N3O/c1-15(2,3)13-9-18-14(10-17-13)20-12-7-11(8-12)19-16(4,5)6/h9-12,19H,7-8H2,1-6H3. The van der Waals surface area contributed by atoms with Crippen molar-refractivity contribution in [2.24, 2.45) is 0 Å². The van der Waals surface area contributed by atoms with Gasteiger partial charge in [-0.2, -0.15) is 0 Å². The Labute approximate surface area is 122 Å². The molecule has 1 heterocycles. The highest BCUT2D eigenvalue weighted by molar-refractivity contribution is 5.14. The molecule has 0 saturated heterocycles. The van der Waals surface area contributed by atoms with Gasteiger partial charge in [-0.25, -0.2) is 4.98 Å². The van der Waals surface area contributed by atoms with Crippen LogP contribution in [-0.2, 0) is 5.41 Å². The first-order valence-electron chi connectivity index (χ1n) is 7.40. The maximum Gasteiger partial charge on any atom is 0.232 e. The lowest BCUT2D eigenvalue weighted by Gasteiger charge is -2.39. The average Bonchev–Trinajstić information content (AvgIpc) is 2.24. The van der Waals surface area contributed by atoms with Crippen molar-refractivity contribution in [1.82, 2.24) is 15.3 Å². The summed E-state index contributed by atoms with van der Waals surface area (Å²) in [5.74, 6) is 0.636. The Hall–Kier alpha value is -1.16. The highest BCUT2D eigenvalue weighted by atomic mass is 16.5. The second kappa shape index (κ2) is 5.32. The summed E-state index contributed by atoms with van der Waals surface area (Å²) in [5, 5.41) is 3.58. The summed E-state index contributed by atoms with van der Waals surface area (Å²) in [4.78, 5) is 8.80. The number of hydrogen-bond donors (Lipinski definition) is 1. The first-order valence-corrected chi connectivity index (χ1v) is 7.40. The van der Waals surface area contributed by atoms with Crippen LogP contribution in [0.25, 0.3) is 0 Å². The molecule has 1 aliphatic rings. The predicted molar refractivity (Wildman–Crippen MR) is 81.1 cm³/mol. The number of nitrogens with zero attached hydrogens (tertiary/aromatic N) is 2. The summed E-state index contributed by atoms with van der Waals surface area (Å²) in [7, 11) is 0. The Morgan fingerprint density at radius 3 is 2.15 bits per heavy atom. The summed E-state index contributed by atoms with van der Waals surface area (Å²) in [6.07, 6.45) is 5.91. The van der Waals surface area contributed by atoms with Crippen molar-refractivity contribution in [3.63, 3.8) is 0 Å². The van der Waals surface area contributed by atoms with Gasteiger partial charge in [-0.3, -0.25) is 4.98 Å². The van der Waals surface area contributed by atoms with Crippen molar-refractivity contribution in [1.29, 1.82) is 0 Å². The predicted octanol–water partition coefficient (Wildman–Crippen LogP) is 3.07. The minimum absolute atomic E-state index is 0.0315. The van der Waals surface area contributed by atoms with E-state index in [2.05, 4.69) is 56.8 Å². The molecule has 1 saturated carbocycles. The minimum atomic E-state index is 0.0315. The van der Waals surface area contributed by atoms with Crippen LogP contribution in [-0.4, -0.2) is 27.7 Å². The Morgan fingerprint density at radius 2 is 1.70 bits per heavy atom. The number of rotatable bonds is 3. The molecular formula is C16H27N3O. The summed E-state index contributed by atoms with van der Waals surface area (Å²) in [6.45, 7) is 13.0. The minimum Gasteiger partial charge on any atom is -0.473 e. The number of nitrogens with one attached hydrogen (secondary N) is 1. The van der Waals surface area contributed by atoms with Gasteiger partial charge in [0, 0.05) is 17.0 Å². The molecule has 112 valence electrons. The molecule has 4 nitrogen and oxygen atoms in total. The normalized spacial score (nSPS) is 23.3. The van der Waals surface area contributed by atoms with E-state index >= 15 is 0 Å². The molecule has 0 bridgehead atoms. The van der Waals surface area contributed by atoms with Crippen LogP contribution in [0.1, 0.15) is 60.1 Å². The highest BCUT2D eigenvalue weighted by Gasteiger charge is 2.33. The van der Waals surface area contributed by atoms with Gasteiger partial charge in [0.2, 0.25) is 5.88 Å². The zero-order chi connectivity index (χ0) is 15.0. The third kappa shape index (κ3) is 4.17. The van der Waals surface area contributed by atoms with Crippen LogP contribution in [0.2, 0.25) is 0 Å². The van der Waals surface area contributed by atoms with Crippen molar-refractivity contribution < 1.29 is 4.74 Å². The van der Waals surface area contributed by atoms with E-state index in [0.717, 1.165) is 18.5 Å². The van der Waals surface area contributed by atoms with E-state index in [1.807, 2.05) is 6.20 Å². The van der Waals surface area contributed by atoms with E-state index in [0.29, 0.717) is 11.9 Å². The van der Waals surface area contributed by atoms with Crippen LogP contribution in [0.4, 0.5) is 0 Å². The fraction of sp³-hybridized carbons (Fsp3) is 0.750. The lowest BCUT2D eigenvalue weighted by molar-refractivity contribution is 0.0690. The topological polar surface area (TPSA) is 47.0 Å². The summed E-state index contributed by atoms with van der Waals surface area (Å²) in [6, 6.07) is 0.557. The first kappa shape index (κ1) is 15.2. The Kier molecular flexibility index (Phi) is 4.05. The van der Waals surface area contributed by atoms with Crippen molar-refractivity contribution in [3.8, 4) is 5.88 Å². The second-order valence-electron chi connectivity index (χ2n) is 7.79. The third-order valence-electron chi connectivity index (χ3n) is 3.42. The molecular weight excluding hydrogens is 250 g/mol. The van der Waals surface area contributed by atoms with Gasteiger partial charge in [-0.05, 0) is 33.6 Å². The molecule has 1 aromatic heterocycles. The van der Waals surface area contributed by atoms with E-state index in [9.17, 15) is 0 Å². The van der Waals surface area contributed by atoms with Gasteiger partial charge < -0.3 is 10.1 Å². The molecule has 0 aromatic carbocycles. The summed E-state index contributed by atoms with van der Waals surface area (Å²) in [5.41, 5.74) is 1.19. The lowest BCUT2D eigenvalue weighted by Crippen LogP contribution is -2.53. The van der Waals surface area contributed by atoms with Crippen molar-refractivity contribution >= 4 is 0 Å². The maximum absolute atomic E-state index is 5.85. The van der Waals surface area contributed by atoms with Crippen molar-refractivity contribution in [2.75, 3.05) is 0 Å². The largest absolute Gasteiger partial charge is 0.473 e. The fourth-order valence-electron chi connectivity index (χ4n) is 2.33. The molecule has 0 aliphatic heterocycles. The molecule has 1 aliphatic carbocycles. The Morgan fingerprint density at radius 1 is 1.05 bits per heavy atom. The van der Waals surface area contributed by atoms with Crippen LogP contribution < -0.4 is 10.1 Å². The van der Waals surface area contributed by atoms with E-state index in [-0.39, 0.29) is 17.1 Å². The number of hydrogen-bond acceptors (Lipinski definition) is 4. The quantitative estimate of drug-likeness (QED) is 0.922. The van der Waals surface area contributed by atoms with E-state index in [1.165, 1.54) is 0 Å². The van der Waals surface area contributed by atoms with Crippen molar-refractivity contribution in [2.45, 2.75) is 77.5 Å². The molecule has 4 heteroatoms. The number of aromatic nitrogens is 2. The van der Waals surface area contributed by atoms with Gasteiger partial charge in [0.05, 0.1) is 18.1 Å². The zero-order valence-electron chi connectivity index (χ0n) is 13.5. The summed E-state index contributed by atoms with van der Waals surface area (Å²) < 4.78 is 5.85. The molecule has 0 radical (unpaired) electrons. The smallest absolute Gasteiger partial charge is 0.232 e. The van der Waals surface area contributed by atoms with E-state index in [4.69, 9.17) is 4.74 Å². The molecule has 0 amide bonds.